The number of aromatic nitrogens is 1. The van der Waals surface area contributed by atoms with Crippen LogP contribution in [0.1, 0.15) is 19.3 Å². The van der Waals surface area contributed by atoms with Crippen molar-refractivity contribution in [2.75, 3.05) is 57.3 Å². The first-order valence-electron chi connectivity index (χ1n) is 9.84. The molecule has 0 saturated carbocycles. The summed E-state index contributed by atoms with van der Waals surface area (Å²) < 4.78 is 0. The summed E-state index contributed by atoms with van der Waals surface area (Å²) in [4.78, 5) is 34.3. The molecule has 0 aliphatic carbocycles. The third kappa shape index (κ3) is 5.56. The maximum Gasteiger partial charge on any atom is 0.317 e. The van der Waals surface area contributed by atoms with Crippen molar-refractivity contribution in [3.8, 4) is 0 Å². The number of likely N-dealkylation sites (tertiary alicyclic amines) is 1. The van der Waals surface area contributed by atoms with E-state index in [-0.39, 0.29) is 17.9 Å². The van der Waals surface area contributed by atoms with Crippen molar-refractivity contribution in [1.82, 2.24) is 20.1 Å². The van der Waals surface area contributed by atoms with Gasteiger partial charge in [-0.25, -0.2) is 9.78 Å². The van der Waals surface area contributed by atoms with Crippen LogP contribution in [0.2, 0.25) is 0 Å². The molecule has 0 atom stereocenters. The lowest BCUT2D eigenvalue weighted by Crippen LogP contribution is -2.52. The molecule has 0 bridgehead atoms. The van der Waals surface area contributed by atoms with E-state index in [2.05, 4.69) is 20.1 Å². The van der Waals surface area contributed by atoms with Gasteiger partial charge in [0.15, 0.2) is 0 Å². The largest absolute Gasteiger partial charge is 0.369 e. The summed E-state index contributed by atoms with van der Waals surface area (Å²) in [6, 6.07) is 5.91. The molecule has 0 unspecified atom stereocenters. The van der Waals surface area contributed by atoms with Crippen molar-refractivity contribution >= 4 is 17.8 Å². The van der Waals surface area contributed by atoms with E-state index in [1.165, 1.54) is 0 Å². The van der Waals surface area contributed by atoms with Crippen molar-refractivity contribution in [3.05, 3.63) is 24.4 Å². The van der Waals surface area contributed by atoms with Crippen molar-refractivity contribution in [2.24, 2.45) is 11.7 Å². The molecular weight excluding hydrogens is 344 g/mol. The summed E-state index contributed by atoms with van der Waals surface area (Å²) in [7, 11) is 0. The van der Waals surface area contributed by atoms with Crippen LogP contribution in [-0.2, 0) is 4.79 Å². The van der Waals surface area contributed by atoms with E-state index in [1.54, 1.807) is 6.20 Å². The predicted molar refractivity (Wildman–Crippen MR) is 104 cm³/mol. The molecule has 1 aromatic heterocycles. The predicted octanol–water partition coefficient (Wildman–Crippen LogP) is 0.501. The number of nitrogens with two attached hydrogens (primary N) is 1. The summed E-state index contributed by atoms with van der Waals surface area (Å²) in [6.07, 6.45) is 4.41. The van der Waals surface area contributed by atoms with Gasteiger partial charge in [0.2, 0.25) is 5.91 Å². The zero-order chi connectivity index (χ0) is 19.1. The number of hydrogen-bond acceptors (Lipinski definition) is 5. The van der Waals surface area contributed by atoms with E-state index in [9.17, 15) is 9.59 Å². The molecule has 148 valence electrons. The molecule has 8 nitrogen and oxygen atoms in total. The van der Waals surface area contributed by atoms with E-state index in [1.807, 2.05) is 23.1 Å². The first-order chi connectivity index (χ1) is 13.1. The summed E-state index contributed by atoms with van der Waals surface area (Å²) in [5, 5.41) is 3.03. The van der Waals surface area contributed by atoms with E-state index in [4.69, 9.17) is 5.73 Å². The Balaban J connectivity index is 1.29. The lowest BCUT2D eigenvalue weighted by atomic mass is 9.96. The van der Waals surface area contributed by atoms with Crippen LogP contribution < -0.4 is 16.0 Å². The van der Waals surface area contributed by atoms with Gasteiger partial charge in [-0.2, -0.15) is 0 Å². The molecule has 1 aromatic rings. The Kier molecular flexibility index (Phi) is 6.86. The number of nitrogens with one attached hydrogen (secondary N) is 1. The number of piperazine rings is 1. The Morgan fingerprint density at radius 1 is 1.11 bits per heavy atom. The van der Waals surface area contributed by atoms with Crippen molar-refractivity contribution in [1.29, 1.82) is 0 Å². The minimum atomic E-state index is -0.176. The van der Waals surface area contributed by atoms with Crippen LogP contribution in [0.25, 0.3) is 0 Å². The first-order valence-corrected chi connectivity index (χ1v) is 9.84. The highest BCUT2D eigenvalue weighted by Crippen LogP contribution is 2.16. The van der Waals surface area contributed by atoms with Gasteiger partial charge < -0.3 is 25.8 Å². The third-order valence-corrected chi connectivity index (χ3v) is 5.46. The smallest absolute Gasteiger partial charge is 0.317 e. The molecule has 3 N–H and O–H groups in total. The Bertz CT molecular complexity index is 610. The number of hydrogen-bond donors (Lipinski definition) is 2. The van der Waals surface area contributed by atoms with Gasteiger partial charge in [0.25, 0.3) is 0 Å². The van der Waals surface area contributed by atoms with Crippen LogP contribution >= 0.6 is 0 Å². The van der Waals surface area contributed by atoms with Gasteiger partial charge in [0.05, 0.1) is 0 Å². The molecule has 0 radical (unpaired) electrons. The maximum atomic E-state index is 12.3. The van der Waals surface area contributed by atoms with Crippen LogP contribution in [0.4, 0.5) is 10.6 Å². The number of carbonyl (C=O) groups excluding carboxylic acids is 2. The van der Waals surface area contributed by atoms with E-state index in [0.717, 1.165) is 57.8 Å². The van der Waals surface area contributed by atoms with Crippen molar-refractivity contribution in [2.45, 2.75) is 19.3 Å². The third-order valence-electron chi connectivity index (χ3n) is 5.46. The molecule has 27 heavy (non-hydrogen) atoms. The topological polar surface area (TPSA) is 94.8 Å². The quantitative estimate of drug-likeness (QED) is 0.707. The van der Waals surface area contributed by atoms with E-state index >= 15 is 0 Å². The number of primary amides is 1. The zero-order valence-electron chi connectivity index (χ0n) is 15.8. The second-order valence-corrected chi connectivity index (χ2v) is 7.27. The summed E-state index contributed by atoms with van der Waals surface area (Å²) in [5.41, 5.74) is 5.36. The van der Waals surface area contributed by atoms with Gasteiger partial charge in [-0.15, -0.1) is 0 Å². The van der Waals surface area contributed by atoms with Crippen LogP contribution in [-0.4, -0.2) is 79.1 Å². The Hall–Kier alpha value is -2.35. The lowest BCUT2D eigenvalue weighted by molar-refractivity contribution is -0.123. The lowest BCUT2D eigenvalue weighted by Gasteiger charge is -2.35. The fourth-order valence-corrected chi connectivity index (χ4v) is 3.73. The monoisotopic (exact) mass is 374 g/mol. The van der Waals surface area contributed by atoms with E-state index < -0.39 is 0 Å². The molecule has 8 heteroatoms. The first kappa shape index (κ1) is 19.4. The summed E-state index contributed by atoms with van der Waals surface area (Å²) in [6.45, 7) is 6.48. The Labute approximate surface area is 160 Å². The molecule has 3 heterocycles. The molecule has 2 aliphatic heterocycles. The molecule has 3 rings (SSSR count). The van der Waals surface area contributed by atoms with Crippen molar-refractivity contribution < 1.29 is 9.59 Å². The van der Waals surface area contributed by atoms with Crippen LogP contribution in [0.15, 0.2) is 24.4 Å². The van der Waals surface area contributed by atoms with Gasteiger partial charge >= 0.3 is 6.03 Å². The average molecular weight is 374 g/mol. The molecule has 2 aliphatic rings. The molecule has 2 saturated heterocycles. The number of amides is 3. The molecule has 0 spiro atoms. The van der Waals surface area contributed by atoms with E-state index in [0.29, 0.717) is 19.6 Å². The Morgan fingerprint density at radius 3 is 2.48 bits per heavy atom. The highest BCUT2D eigenvalue weighted by atomic mass is 16.2. The summed E-state index contributed by atoms with van der Waals surface area (Å²) >= 11 is 0. The zero-order valence-corrected chi connectivity index (χ0v) is 15.8. The van der Waals surface area contributed by atoms with Gasteiger partial charge in [-0.1, -0.05) is 6.07 Å². The molecular formula is C19H30N6O2. The number of pyridine rings is 1. The number of rotatable bonds is 6. The molecule has 3 amide bonds. The molecule has 0 aromatic carbocycles. The molecule has 2 fully saturated rings. The minimum Gasteiger partial charge on any atom is -0.369 e. The number of carbonyl (C=O) groups is 2. The number of anilines is 1. The average Bonchev–Trinajstić information content (AvgIpc) is 2.72. The standard InChI is InChI=1S/C19H30N6O2/c20-18(26)16-5-10-23(11-6-16)9-3-8-22-19(27)25-14-12-24(13-15-25)17-4-1-2-7-21-17/h1-2,4,7,16H,3,5-6,8-15H2,(H2,20,26)(H,22,27). The number of urea groups is 1. The van der Waals surface area contributed by atoms with Crippen LogP contribution in [0.5, 0.6) is 0 Å². The second-order valence-electron chi connectivity index (χ2n) is 7.27. The normalized spacial score (nSPS) is 19.1. The Morgan fingerprint density at radius 2 is 1.85 bits per heavy atom. The van der Waals surface area contributed by atoms with Gasteiger partial charge in [0.1, 0.15) is 5.82 Å². The fraction of sp³-hybridized carbons (Fsp3) is 0.632. The van der Waals surface area contributed by atoms with Crippen LogP contribution in [0.3, 0.4) is 0 Å². The van der Waals surface area contributed by atoms with Crippen molar-refractivity contribution in [3.63, 3.8) is 0 Å². The fourth-order valence-electron chi connectivity index (χ4n) is 3.73. The van der Waals surface area contributed by atoms with Gasteiger partial charge in [-0.05, 0) is 51.0 Å². The van der Waals surface area contributed by atoms with Gasteiger partial charge in [0, 0.05) is 44.8 Å². The minimum absolute atomic E-state index is 0.0168. The highest BCUT2D eigenvalue weighted by molar-refractivity contribution is 5.76. The SMILES string of the molecule is NC(=O)C1CCN(CCCNC(=O)N2CCN(c3ccccn3)CC2)CC1. The second kappa shape index (κ2) is 9.55. The van der Waals surface area contributed by atoms with Gasteiger partial charge in [-0.3, -0.25) is 4.79 Å². The highest BCUT2D eigenvalue weighted by Gasteiger charge is 2.23. The number of nitrogens with zero attached hydrogens (tertiary/aromatic N) is 4. The number of piperidine rings is 1. The van der Waals surface area contributed by atoms with Crippen LogP contribution in [0, 0.1) is 5.92 Å². The maximum absolute atomic E-state index is 12.3. The summed E-state index contributed by atoms with van der Waals surface area (Å²) in [5.74, 6) is 0.827.